The second-order valence-electron chi connectivity index (χ2n) is 10.2. The largest absolute Gasteiger partial charge is 0.496 e. The van der Waals surface area contributed by atoms with Crippen molar-refractivity contribution in [1.29, 1.82) is 0 Å². The van der Waals surface area contributed by atoms with Crippen LogP contribution < -0.4 is 9.47 Å². The van der Waals surface area contributed by atoms with Crippen LogP contribution in [0.3, 0.4) is 0 Å². The van der Waals surface area contributed by atoms with Gasteiger partial charge in [-0.05, 0) is 43.4 Å². The molecule has 2 aromatic heterocycles. The third-order valence-electron chi connectivity index (χ3n) is 7.26. The molecule has 0 amide bonds. The fourth-order valence-corrected chi connectivity index (χ4v) is 5.97. The molecule has 39 heavy (non-hydrogen) atoms. The van der Waals surface area contributed by atoms with E-state index in [9.17, 15) is 9.59 Å². The minimum atomic E-state index is -0.543. The lowest BCUT2D eigenvalue weighted by Crippen LogP contribution is -2.22. The van der Waals surface area contributed by atoms with Gasteiger partial charge in [-0.1, -0.05) is 44.2 Å². The smallest absolute Gasteiger partial charge is 0.310 e. The first-order valence-electron chi connectivity index (χ1n) is 13.1. The van der Waals surface area contributed by atoms with Crippen LogP contribution in [0.5, 0.6) is 11.5 Å². The zero-order valence-corrected chi connectivity index (χ0v) is 23.4. The van der Waals surface area contributed by atoms with E-state index < -0.39 is 11.8 Å². The number of hydrogen-bond donors (Lipinski definition) is 0. The summed E-state index contributed by atoms with van der Waals surface area (Å²) in [5.74, 6) is 0.328. The highest BCUT2D eigenvalue weighted by atomic mass is 32.1. The number of benzene rings is 2. The van der Waals surface area contributed by atoms with Crippen molar-refractivity contribution in [3.05, 3.63) is 70.7 Å². The van der Waals surface area contributed by atoms with Crippen LogP contribution in [0, 0.1) is 18.8 Å². The quantitative estimate of drug-likeness (QED) is 0.175. The van der Waals surface area contributed by atoms with Gasteiger partial charge in [-0.2, -0.15) is 0 Å². The van der Waals surface area contributed by atoms with Crippen molar-refractivity contribution in [2.75, 3.05) is 7.11 Å². The molecule has 3 atom stereocenters. The van der Waals surface area contributed by atoms with E-state index in [4.69, 9.17) is 24.2 Å². The number of aryl methyl sites for hydroxylation is 1. The van der Waals surface area contributed by atoms with E-state index in [1.807, 2.05) is 55.5 Å². The van der Waals surface area contributed by atoms with E-state index in [0.29, 0.717) is 24.5 Å². The number of ether oxygens (including phenoxy) is 3. The normalized spacial score (nSPS) is 18.8. The number of methoxy groups -OCH3 is 1. The summed E-state index contributed by atoms with van der Waals surface area (Å²) >= 11 is 1.55. The average molecular weight is 545 g/mol. The molecule has 1 fully saturated rings. The van der Waals surface area contributed by atoms with Gasteiger partial charge in [-0.15, -0.1) is 11.3 Å². The number of nitrogens with zero attached hydrogens (tertiary/aromatic N) is 2. The van der Waals surface area contributed by atoms with E-state index in [2.05, 4.69) is 19.2 Å². The van der Waals surface area contributed by atoms with Crippen molar-refractivity contribution in [3.8, 4) is 22.2 Å². The first kappa shape index (κ1) is 26.8. The van der Waals surface area contributed by atoms with Crippen LogP contribution >= 0.6 is 11.3 Å². The fraction of sp³-hybridized carbons (Fsp3) is 0.355. The third-order valence-corrected chi connectivity index (χ3v) is 8.15. The van der Waals surface area contributed by atoms with Crippen LogP contribution in [0.1, 0.15) is 49.4 Å². The zero-order valence-electron chi connectivity index (χ0n) is 22.5. The Balaban J connectivity index is 1.42. The number of pyridine rings is 1. The Bertz CT molecular complexity index is 1480. The number of thiazole rings is 1. The monoisotopic (exact) mass is 544 g/mol. The predicted molar refractivity (Wildman–Crippen MR) is 151 cm³/mol. The summed E-state index contributed by atoms with van der Waals surface area (Å²) in [7, 11) is 1.64. The summed E-state index contributed by atoms with van der Waals surface area (Å²) in [6, 6.07) is 15.3. The SMILES string of the molecule is COc1ccc2c(O[C@@H]3C[C@@H](C=O)[C@H](C(=O)OCc4ccccc4)C3)cc(-c3nc(C(C)C)cs3)nc2c1C. The number of aromatic nitrogens is 2. The number of rotatable bonds is 9. The number of fused-ring (bicyclic) bond motifs is 1. The molecular weight excluding hydrogens is 512 g/mol. The van der Waals surface area contributed by atoms with Crippen molar-refractivity contribution < 1.29 is 23.8 Å². The van der Waals surface area contributed by atoms with Gasteiger partial charge < -0.3 is 19.0 Å². The van der Waals surface area contributed by atoms with E-state index >= 15 is 0 Å². The van der Waals surface area contributed by atoms with Crippen LogP contribution in [0.2, 0.25) is 0 Å². The van der Waals surface area contributed by atoms with E-state index in [1.54, 1.807) is 18.4 Å². The first-order valence-corrected chi connectivity index (χ1v) is 14.0. The van der Waals surface area contributed by atoms with Crippen LogP contribution in [0.4, 0.5) is 0 Å². The molecule has 0 radical (unpaired) electrons. The van der Waals surface area contributed by atoms with Crippen LogP contribution in [-0.4, -0.2) is 35.4 Å². The van der Waals surface area contributed by atoms with Crippen molar-refractivity contribution in [2.24, 2.45) is 11.8 Å². The number of hydrogen-bond acceptors (Lipinski definition) is 8. The summed E-state index contributed by atoms with van der Waals surface area (Å²) in [4.78, 5) is 34.6. The standard InChI is InChI=1S/C31H32N2O5S/c1-18(2)26-17-39-30(33-26)25-14-28(23-10-11-27(36-4)19(3)29(23)32-25)38-22-12-21(15-34)24(13-22)31(35)37-16-20-8-6-5-7-9-20/h5-11,14-15,17-18,21-22,24H,12-13,16H2,1-4H3/t21-,22+,24+/m0/s1. The van der Waals surface area contributed by atoms with Crippen molar-refractivity contribution in [1.82, 2.24) is 9.97 Å². The summed E-state index contributed by atoms with van der Waals surface area (Å²) in [5, 5.41) is 3.71. The van der Waals surface area contributed by atoms with E-state index in [-0.39, 0.29) is 18.7 Å². The maximum Gasteiger partial charge on any atom is 0.310 e. The molecule has 0 N–H and O–H groups in total. The van der Waals surface area contributed by atoms with Gasteiger partial charge in [0, 0.05) is 28.3 Å². The molecule has 202 valence electrons. The summed E-state index contributed by atoms with van der Waals surface area (Å²) in [6.45, 7) is 6.38. The first-order chi connectivity index (χ1) is 18.9. The molecule has 7 nitrogen and oxygen atoms in total. The van der Waals surface area contributed by atoms with Crippen LogP contribution in [0.25, 0.3) is 21.6 Å². The van der Waals surface area contributed by atoms with Gasteiger partial charge >= 0.3 is 5.97 Å². The maximum absolute atomic E-state index is 12.9. The number of esters is 1. The summed E-state index contributed by atoms with van der Waals surface area (Å²) in [6.07, 6.45) is 1.38. The highest BCUT2D eigenvalue weighted by Gasteiger charge is 2.41. The number of carbonyl (C=O) groups excluding carboxylic acids is 2. The maximum atomic E-state index is 12.9. The van der Waals surface area contributed by atoms with Gasteiger partial charge in [0.2, 0.25) is 0 Å². The van der Waals surface area contributed by atoms with Gasteiger partial charge in [0.1, 0.15) is 41.2 Å². The third kappa shape index (κ3) is 5.66. The molecule has 1 saturated carbocycles. The Labute approximate surface area is 232 Å². The highest BCUT2D eigenvalue weighted by Crippen LogP contribution is 2.40. The Kier molecular flexibility index (Phi) is 7.93. The number of carbonyl (C=O) groups is 2. The zero-order chi connectivity index (χ0) is 27.5. The lowest BCUT2D eigenvalue weighted by molar-refractivity contribution is -0.152. The molecule has 2 aromatic carbocycles. The van der Waals surface area contributed by atoms with Gasteiger partial charge in [0.15, 0.2) is 0 Å². The molecular formula is C31H32N2O5S. The number of aldehydes is 1. The second-order valence-corrected chi connectivity index (χ2v) is 11.1. The highest BCUT2D eigenvalue weighted by molar-refractivity contribution is 7.13. The molecule has 2 heterocycles. The molecule has 4 aromatic rings. The molecule has 5 rings (SSSR count). The Morgan fingerprint density at radius 1 is 1.10 bits per heavy atom. The van der Waals surface area contributed by atoms with Crippen LogP contribution in [-0.2, 0) is 20.9 Å². The van der Waals surface area contributed by atoms with Crippen molar-refractivity contribution in [2.45, 2.75) is 52.2 Å². The van der Waals surface area contributed by atoms with E-state index in [1.165, 1.54) is 0 Å². The van der Waals surface area contributed by atoms with E-state index in [0.717, 1.165) is 50.5 Å². The molecule has 0 unspecified atom stereocenters. The summed E-state index contributed by atoms with van der Waals surface area (Å²) in [5.41, 5.74) is 4.32. The molecule has 0 bridgehead atoms. The summed E-state index contributed by atoms with van der Waals surface area (Å²) < 4.78 is 17.7. The van der Waals surface area contributed by atoms with Gasteiger partial charge in [-0.25, -0.2) is 9.97 Å². The Morgan fingerprint density at radius 2 is 1.90 bits per heavy atom. The lowest BCUT2D eigenvalue weighted by Gasteiger charge is -2.18. The van der Waals surface area contributed by atoms with Crippen molar-refractivity contribution >= 4 is 34.5 Å². The lowest BCUT2D eigenvalue weighted by atomic mass is 9.98. The fourth-order valence-electron chi connectivity index (χ4n) is 5.03. The second kappa shape index (κ2) is 11.5. The minimum Gasteiger partial charge on any atom is -0.496 e. The predicted octanol–water partition coefficient (Wildman–Crippen LogP) is 6.51. The molecule has 1 aliphatic carbocycles. The molecule has 0 saturated heterocycles. The topological polar surface area (TPSA) is 87.6 Å². The average Bonchev–Trinajstić information content (AvgIpc) is 3.61. The molecule has 0 aliphatic heterocycles. The van der Waals surface area contributed by atoms with Gasteiger partial charge in [0.25, 0.3) is 0 Å². The molecule has 8 heteroatoms. The van der Waals surface area contributed by atoms with Gasteiger partial charge in [-0.3, -0.25) is 4.79 Å². The molecule has 0 spiro atoms. The Morgan fingerprint density at radius 3 is 2.59 bits per heavy atom. The minimum absolute atomic E-state index is 0.179. The van der Waals surface area contributed by atoms with Gasteiger partial charge in [0.05, 0.1) is 24.2 Å². The Hall–Kier alpha value is -3.78. The van der Waals surface area contributed by atoms with Crippen molar-refractivity contribution in [3.63, 3.8) is 0 Å². The van der Waals surface area contributed by atoms with Crippen LogP contribution in [0.15, 0.2) is 53.9 Å². The molecule has 1 aliphatic rings.